The van der Waals surface area contributed by atoms with E-state index in [2.05, 4.69) is 10.6 Å². The van der Waals surface area contributed by atoms with Crippen molar-refractivity contribution >= 4 is 6.03 Å². The Morgan fingerprint density at radius 2 is 1.88 bits per heavy atom. The number of carbonyl (C=O) groups excluding carboxylic acids is 1. The van der Waals surface area contributed by atoms with Crippen LogP contribution in [0, 0.1) is 5.92 Å². The van der Waals surface area contributed by atoms with Crippen LogP contribution in [0.15, 0.2) is 30.3 Å². The predicted molar refractivity (Wildman–Crippen MR) is 61.0 cm³/mol. The van der Waals surface area contributed by atoms with Gasteiger partial charge in [0.1, 0.15) is 0 Å². The fourth-order valence-corrected chi connectivity index (χ4v) is 1.64. The van der Waals surface area contributed by atoms with Gasteiger partial charge in [-0.2, -0.15) is 0 Å². The molecule has 2 N–H and O–H groups in total. The fourth-order valence-electron chi connectivity index (χ4n) is 1.64. The zero-order valence-corrected chi connectivity index (χ0v) is 9.11. The van der Waals surface area contributed by atoms with E-state index < -0.39 is 0 Å². The van der Waals surface area contributed by atoms with Crippen molar-refractivity contribution in [2.45, 2.75) is 6.61 Å². The molecule has 0 aliphatic carbocycles. The van der Waals surface area contributed by atoms with Crippen LogP contribution in [0.1, 0.15) is 5.56 Å². The van der Waals surface area contributed by atoms with Crippen LogP contribution in [0.2, 0.25) is 0 Å². The van der Waals surface area contributed by atoms with Crippen LogP contribution >= 0.6 is 0 Å². The summed E-state index contributed by atoms with van der Waals surface area (Å²) in [5, 5.41) is 5.50. The number of ether oxygens (including phenoxy) is 1. The van der Waals surface area contributed by atoms with Crippen molar-refractivity contribution in [3.8, 4) is 0 Å². The molecule has 0 saturated carbocycles. The van der Waals surface area contributed by atoms with Crippen LogP contribution < -0.4 is 10.6 Å². The Bertz CT molecular complexity index is 330. The van der Waals surface area contributed by atoms with Crippen LogP contribution in [-0.2, 0) is 11.3 Å². The lowest BCUT2D eigenvalue weighted by molar-refractivity contribution is 0.0839. The molecule has 1 heterocycles. The Hall–Kier alpha value is -1.55. The summed E-state index contributed by atoms with van der Waals surface area (Å²) in [5.74, 6) is 0.362. The molecule has 0 bridgehead atoms. The van der Waals surface area contributed by atoms with Crippen molar-refractivity contribution < 1.29 is 9.53 Å². The number of rotatable bonds is 4. The minimum Gasteiger partial charge on any atom is -0.376 e. The van der Waals surface area contributed by atoms with Crippen LogP contribution in [0.25, 0.3) is 0 Å². The lowest BCUT2D eigenvalue weighted by Crippen LogP contribution is -2.49. The molecule has 0 aromatic heterocycles. The van der Waals surface area contributed by atoms with E-state index in [1.807, 2.05) is 30.3 Å². The third-order valence-electron chi connectivity index (χ3n) is 2.57. The standard InChI is InChI=1S/C12H16N2O2/c15-12-13-6-11(7-14-12)9-16-8-10-4-2-1-3-5-10/h1-5,11H,6-9H2,(H2,13,14,15). The Balaban J connectivity index is 1.67. The minimum absolute atomic E-state index is 0.0840. The molecule has 1 aliphatic heterocycles. The predicted octanol–water partition coefficient (Wildman–Crippen LogP) is 1.13. The van der Waals surface area contributed by atoms with Crippen molar-refractivity contribution in [3.63, 3.8) is 0 Å². The zero-order valence-electron chi connectivity index (χ0n) is 9.11. The first-order chi connectivity index (χ1) is 7.84. The number of amides is 2. The van der Waals surface area contributed by atoms with E-state index in [4.69, 9.17) is 4.74 Å². The monoisotopic (exact) mass is 220 g/mol. The van der Waals surface area contributed by atoms with Crippen LogP contribution in [0.4, 0.5) is 4.79 Å². The highest BCUT2D eigenvalue weighted by molar-refractivity contribution is 5.74. The maximum absolute atomic E-state index is 10.8. The molecule has 0 unspecified atom stereocenters. The third kappa shape index (κ3) is 3.24. The molecule has 0 atom stereocenters. The summed E-state index contributed by atoms with van der Waals surface area (Å²) >= 11 is 0. The summed E-state index contributed by atoms with van der Waals surface area (Å²) in [6.45, 7) is 2.69. The number of urea groups is 1. The van der Waals surface area contributed by atoms with Gasteiger partial charge in [-0.3, -0.25) is 0 Å². The Labute approximate surface area is 95.0 Å². The normalized spacial score (nSPS) is 16.6. The van der Waals surface area contributed by atoms with E-state index in [-0.39, 0.29) is 6.03 Å². The molecular weight excluding hydrogens is 204 g/mol. The summed E-state index contributed by atoms with van der Waals surface area (Å²) < 4.78 is 5.60. The van der Waals surface area contributed by atoms with Crippen molar-refractivity contribution in [2.24, 2.45) is 5.92 Å². The second kappa shape index (κ2) is 5.51. The van der Waals surface area contributed by atoms with E-state index in [1.54, 1.807) is 0 Å². The molecule has 86 valence electrons. The van der Waals surface area contributed by atoms with E-state index in [0.29, 0.717) is 32.2 Å². The lowest BCUT2D eigenvalue weighted by atomic mass is 10.1. The van der Waals surface area contributed by atoms with Gasteiger partial charge in [0, 0.05) is 19.0 Å². The summed E-state index contributed by atoms with van der Waals surface area (Å²) in [4.78, 5) is 10.8. The molecular formula is C12H16N2O2. The van der Waals surface area contributed by atoms with Gasteiger partial charge in [0.05, 0.1) is 13.2 Å². The van der Waals surface area contributed by atoms with Gasteiger partial charge in [0.15, 0.2) is 0 Å². The number of hydrogen-bond donors (Lipinski definition) is 2. The van der Waals surface area contributed by atoms with Gasteiger partial charge in [0.2, 0.25) is 0 Å². The maximum atomic E-state index is 10.8. The molecule has 16 heavy (non-hydrogen) atoms. The van der Waals surface area contributed by atoms with Gasteiger partial charge in [0.25, 0.3) is 0 Å². The molecule has 1 aliphatic rings. The average molecular weight is 220 g/mol. The summed E-state index contributed by atoms with van der Waals surface area (Å²) in [6, 6.07) is 9.99. The van der Waals surface area contributed by atoms with Crippen LogP contribution in [-0.4, -0.2) is 25.7 Å². The highest BCUT2D eigenvalue weighted by Crippen LogP contribution is 2.04. The van der Waals surface area contributed by atoms with Gasteiger partial charge < -0.3 is 15.4 Å². The second-order valence-electron chi connectivity index (χ2n) is 3.96. The highest BCUT2D eigenvalue weighted by atomic mass is 16.5. The van der Waals surface area contributed by atoms with Gasteiger partial charge in [-0.25, -0.2) is 4.79 Å². The first-order valence-corrected chi connectivity index (χ1v) is 5.48. The third-order valence-corrected chi connectivity index (χ3v) is 2.57. The van der Waals surface area contributed by atoms with Crippen LogP contribution in [0.3, 0.4) is 0 Å². The minimum atomic E-state index is -0.0840. The molecule has 4 heteroatoms. The van der Waals surface area contributed by atoms with Crippen molar-refractivity contribution in [1.29, 1.82) is 0 Å². The number of nitrogens with one attached hydrogen (secondary N) is 2. The maximum Gasteiger partial charge on any atom is 0.314 e. The van der Waals surface area contributed by atoms with Crippen molar-refractivity contribution in [2.75, 3.05) is 19.7 Å². The van der Waals surface area contributed by atoms with Gasteiger partial charge >= 0.3 is 6.03 Å². The quantitative estimate of drug-likeness (QED) is 0.799. The molecule has 2 rings (SSSR count). The molecule has 1 aromatic rings. The Kier molecular flexibility index (Phi) is 3.77. The van der Waals surface area contributed by atoms with E-state index in [0.717, 1.165) is 0 Å². The van der Waals surface area contributed by atoms with Crippen LogP contribution in [0.5, 0.6) is 0 Å². The van der Waals surface area contributed by atoms with E-state index >= 15 is 0 Å². The molecule has 2 amide bonds. The number of carbonyl (C=O) groups is 1. The highest BCUT2D eigenvalue weighted by Gasteiger charge is 2.16. The SMILES string of the molecule is O=C1NCC(COCc2ccccc2)CN1. The van der Waals surface area contributed by atoms with Crippen molar-refractivity contribution in [3.05, 3.63) is 35.9 Å². The van der Waals surface area contributed by atoms with Gasteiger partial charge in [-0.05, 0) is 5.56 Å². The largest absolute Gasteiger partial charge is 0.376 e. The van der Waals surface area contributed by atoms with E-state index in [1.165, 1.54) is 5.56 Å². The Morgan fingerprint density at radius 1 is 1.19 bits per heavy atom. The summed E-state index contributed by atoms with van der Waals surface area (Å²) in [6.07, 6.45) is 0. The first kappa shape index (κ1) is 11.0. The summed E-state index contributed by atoms with van der Waals surface area (Å²) in [7, 11) is 0. The molecule has 0 radical (unpaired) electrons. The molecule has 1 saturated heterocycles. The molecule has 1 aromatic carbocycles. The van der Waals surface area contributed by atoms with Crippen molar-refractivity contribution in [1.82, 2.24) is 10.6 Å². The summed E-state index contributed by atoms with van der Waals surface area (Å²) in [5.41, 5.74) is 1.18. The van der Waals surface area contributed by atoms with Gasteiger partial charge in [-0.15, -0.1) is 0 Å². The second-order valence-corrected chi connectivity index (χ2v) is 3.96. The lowest BCUT2D eigenvalue weighted by Gasteiger charge is -2.23. The number of benzene rings is 1. The van der Waals surface area contributed by atoms with E-state index in [9.17, 15) is 4.79 Å². The first-order valence-electron chi connectivity index (χ1n) is 5.48. The molecule has 4 nitrogen and oxygen atoms in total. The zero-order chi connectivity index (χ0) is 11.2. The number of hydrogen-bond acceptors (Lipinski definition) is 2. The van der Waals surface area contributed by atoms with Gasteiger partial charge in [-0.1, -0.05) is 30.3 Å². The average Bonchev–Trinajstić information content (AvgIpc) is 2.33. The molecule has 0 spiro atoms. The fraction of sp³-hybridized carbons (Fsp3) is 0.417. The topological polar surface area (TPSA) is 50.4 Å². The molecule has 1 fully saturated rings. The smallest absolute Gasteiger partial charge is 0.314 e. The Morgan fingerprint density at radius 3 is 2.56 bits per heavy atom.